The molecule has 1 heterocycles. The first kappa shape index (κ1) is 19.0. The molecule has 1 saturated heterocycles. The van der Waals surface area contributed by atoms with Crippen molar-refractivity contribution in [3.8, 4) is 5.75 Å². The molecule has 1 unspecified atom stereocenters. The minimum atomic E-state index is -4.81. The Balaban J connectivity index is 1.80. The third-order valence-corrected chi connectivity index (χ3v) is 4.45. The van der Waals surface area contributed by atoms with Crippen LogP contribution in [-0.2, 0) is 16.9 Å². The lowest BCUT2D eigenvalue weighted by molar-refractivity contribution is -0.274. The molecule has 2 aromatic carbocycles. The minimum absolute atomic E-state index is 0.0483. The van der Waals surface area contributed by atoms with E-state index in [4.69, 9.17) is 11.6 Å². The minimum Gasteiger partial charge on any atom is -0.406 e. The molecule has 3 amide bonds. The fraction of sp³-hybridized carbons (Fsp3) is 0.222. The van der Waals surface area contributed by atoms with E-state index in [2.05, 4.69) is 10.1 Å². The second-order valence-corrected chi connectivity index (χ2v) is 6.58. The number of nitrogens with zero attached hydrogens (tertiary/aromatic N) is 1. The molecule has 1 N–H and O–H groups in total. The summed E-state index contributed by atoms with van der Waals surface area (Å²) in [6, 6.07) is 10.9. The van der Waals surface area contributed by atoms with Crippen LogP contribution in [0, 0.1) is 0 Å². The van der Waals surface area contributed by atoms with Gasteiger partial charge in [-0.1, -0.05) is 35.9 Å². The van der Waals surface area contributed by atoms with E-state index in [1.807, 2.05) is 0 Å². The van der Waals surface area contributed by atoms with E-state index in [9.17, 15) is 22.8 Å². The van der Waals surface area contributed by atoms with Gasteiger partial charge in [0.15, 0.2) is 0 Å². The molecule has 1 fully saturated rings. The van der Waals surface area contributed by atoms with Gasteiger partial charge in [0.05, 0.1) is 6.54 Å². The molecular formula is C18H14ClF3N2O3. The van der Waals surface area contributed by atoms with Crippen LogP contribution in [0.3, 0.4) is 0 Å². The smallest absolute Gasteiger partial charge is 0.406 e. The summed E-state index contributed by atoms with van der Waals surface area (Å²) in [6.45, 7) is 1.54. The fourth-order valence-electron chi connectivity index (χ4n) is 2.80. The molecule has 0 radical (unpaired) electrons. The van der Waals surface area contributed by atoms with Gasteiger partial charge in [0, 0.05) is 5.02 Å². The first-order chi connectivity index (χ1) is 12.6. The second-order valence-electron chi connectivity index (χ2n) is 6.15. The number of benzene rings is 2. The number of hydrogen-bond acceptors (Lipinski definition) is 3. The normalized spacial score (nSPS) is 20.0. The highest BCUT2D eigenvalue weighted by Gasteiger charge is 2.48. The molecule has 142 valence electrons. The summed E-state index contributed by atoms with van der Waals surface area (Å²) in [5.74, 6) is -0.920. The van der Waals surface area contributed by atoms with Crippen LogP contribution < -0.4 is 10.1 Å². The highest BCUT2D eigenvalue weighted by atomic mass is 35.5. The van der Waals surface area contributed by atoms with E-state index in [1.165, 1.54) is 19.1 Å². The van der Waals surface area contributed by atoms with Gasteiger partial charge in [-0.25, -0.2) is 4.79 Å². The van der Waals surface area contributed by atoms with Crippen LogP contribution in [0.1, 0.15) is 18.1 Å². The molecule has 2 aromatic rings. The third kappa shape index (κ3) is 4.00. The number of urea groups is 1. The SMILES string of the molecule is CC1(c2ccc(OC(F)(F)F)cc2)NC(=O)N(Cc2ccc(Cl)cc2)C1=O. The molecule has 0 aliphatic carbocycles. The summed E-state index contributed by atoms with van der Waals surface area (Å²) in [6.07, 6.45) is -4.81. The molecule has 1 atom stereocenters. The maximum atomic E-state index is 12.8. The maximum absolute atomic E-state index is 12.8. The molecule has 5 nitrogen and oxygen atoms in total. The zero-order valence-electron chi connectivity index (χ0n) is 14.0. The van der Waals surface area contributed by atoms with Gasteiger partial charge in [0.1, 0.15) is 11.3 Å². The molecule has 9 heteroatoms. The Hall–Kier alpha value is -2.74. The van der Waals surface area contributed by atoms with Gasteiger partial charge in [-0.2, -0.15) is 0 Å². The summed E-state index contributed by atoms with van der Waals surface area (Å²) >= 11 is 5.82. The van der Waals surface area contributed by atoms with Crippen molar-refractivity contribution in [2.45, 2.75) is 25.4 Å². The van der Waals surface area contributed by atoms with Gasteiger partial charge in [0.2, 0.25) is 0 Å². The van der Waals surface area contributed by atoms with E-state index in [0.717, 1.165) is 17.0 Å². The van der Waals surface area contributed by atoms with Crippen LogP contribution in [-0.4, -0.2) is 23.2 Å². The van der Waals surface area contributed by atoms with Crippen LogP contribution in [0.5, 0.6) is 5.75 Å². The molecule has 27 heavy (non-hydrogen) atoms. The summed E-state index contributed by atoms with van der Waals surface area (Å²) in [5.41, 5.74) is -0.338. The Labute approximate surface area is 157 Å². The quantitative estimate of drug-likeness (QED) is 0.785. The number of alkyl halides is 3. The average Bonchev–Trinajstić information content (AvgIpc) is 2.80. The number of amides is 3. The number of rotatable bonds is 4. The summed E-state index contributed by atoms with van der Waals surface area (Å²) in [7, 11) is 0. The lowest BCUT2D eigenvalue weighted by Gasteiger charge is -2.22. The van der Waals surface area contributed by atoms with Crippen LogP contribution >= 0.6 is 11.6 Å². The molecule has 0 bridgehead atoms. The number of imide groups is 1. The van der Waals surface area contributed by atoms with E-state index >= 15 is 0 Å². The standard InChI is InChI=1S/C18H14ClF3N2O3/c1-17(12-4-8-14(9-5-12)27-18(20,21)22)15(25)24(16(26)23-17)10-11-2-6-13(19)7-3-11/h2-9H,10H2,1H3,(H,23,26). The van der Waals surface area contributed by atoms with E-state index in [0.29, 0.717) is 16.1 Å². The molecule has 1 aliphatic heterocycles. The lowest BCUT2D eigenvalue weighted by Crippen LogP contribution is -2.40. The Morgan fingerprint density at radius 2 is 1.67 bits per heavy atom. The van der Waals surface area contributed by atoms with Gasteiger partial charge in [-0.3, -0.25) is 9.69 Å². The predicted octanol–water partition coefficient (Wildman–Crippen LogP) is 4.21. The Morgan fingerprint density at radius 3 is 2.22 bits per heavy atom. The van der Waals surface area contributed by atoms with Crippen molar-refractivity contribution < 1.29 is 27.5 Å². The number of hydrogen-bond donors (Lipinski definition) is 1. The Morgan fingerprint density at radius 1 is 1.07 bits per heavy atom. The maximum Gasteiger partial charge on any atom is 0.573 e. The zero-order valence-corrected chi connectivity index (χ0v) is 14.8. The largest absolute Gasteiger partial charge is 0.573 e. The van der Waals surface area contributed by atoms with Gasteiger partial charge < -0.3 is 10.1 Å². The number of nitrogens with one attached hydrogen (secondary N) is 1. The van der Waals surface area contributed by atoms with Crippen molar-refractivity contribution in [2.75, 3.05) is 0 Å². The van der Waals surface area contributed by atoms with Crippen molar-refractivity contribution in [2.24, 2.45) is 0 Å². The van der Waals surface area contributed by atoms with Gasteiger partial charge in [-0.15, -0.1) is 13.2 Å². The van der Waals surface area contributed by atoms with Crippen molar-refractivity contribution >= 4 is 23.5 Å². The van der Waals surface area contributed by atoms with Crippen LogP contribution in [0.2, 0.25) is 5.02 Å². The van der Waals surface area contributed by atoms with Gasteiger partial charge >= 0.3 is 12.4 Å². The predicted molar refractivity (Wildman–Crippen MR) is 91.0 cm³/mol. The van der Waals surface area contributed by atoms with Crippen LogP contribution in [0.15, 0.2) is 48.5 Å². The summed E-state index contributed by atoms with van der Waals surface area (Å²) in [4.78, 5) is 26.2. The van der Waals surface area contributed by atoms with Crippen molar-refractivity contribution in [3.63, 3.8) is 0 Å². The van der Waals surface area contributed by atoms with E-state index < -0.39 is 29.6 Å². The molecule has 0 aromatic heterocycles. The first-order valence-corrected chi connectivity index (χ1v) is 8.21. The summed E-state index contributed by atoms with van der Waals surface area (Å²) in [5, 5.41) is 3.12. The topological polar surface area (TPSA) is 58.6 Å². The Bertz CT molecular complexity index is 869. The number of carbonyl (C=O) groups is 2. The number of halogens is 4. The molecule has 0 spiro atoms. The third-order valence-electron chi connectivity index (χ3n) is 4.19. The monoisotopic (exact) mass is 398 g/mol. The summed E-state index contributed by atoms with van der Waals surface area (Å²) < 4.78 is 40.6. The number of ether oxygens (including phenoxy) is 1. The zero-order chi connectivity index (χ0) is 19.8. The van der Waals surface area contributed by atoms with Crippen LogP contribution in [0.25, 0.3) is 0 Å². The highest BCUT2D eigenvalue weighted by Crippen LogP contribution is 2.32. The van der Waals surface area contributed by atoms with E-state index in [1.54, 1.807) is 24.3 Å². The highest BCUT2D eigenvalue weighted by molar-refractivity contribution is 6.30. The molecular weight excluding hydrogens is 385 g/mol. The molecule has 1 aliphatic rings. The number of carbonyl (C=O) groups excluding carboxylic acids is 2. The van der Waals surface area contributed by atoms with Crippen molar-refractivity contribution in [1.82, 2.24) is 10.2 Å². The second kappa shape index (κ2) is 6.77. The fourth-order valence-corrected chi connectivity index (χ4v) is 2.92. The van der Waals surface area contributed by atoms with Crippen molar-refractivity contribution in [1.29, 1.82) is 0 Å². The van der Waals surface area contributed by atoms with Gasteiger partial charge in [0.25, 0.3) is 5.91 Å². The molecule has 3 rings (SSSR count). The van der Waals surface area contributed by atoms with Crippen LogP contribution in [0.4, 0.5) is 18.0 Å². The van der Waals surface area contributed by atoms with Gasteiger partial charge in [-0.05, 0) is 42.3 Å². The average molecular weight is 399 g/mol. The molecule has 0 saturated carbocycles. The van der Waals surface area contributed by atoms with E-state index in [-0.39, 0.29) is 6.54 Å². The first-order valence-electron chi connectivity index (χ1n) is 7.83. The lowest BCUT2D eigenvalue weighted by atomic mass is 9.92. The van der Waals surface area contributed by atoms with Crippen molar-refractivity contribution in [3.05, 3.63) is 64.7 Å². The Kier molecular flexibility index (Phi) is 4.77.